The van der Waals surface area contributed by atoms with E-state index in [4.69, 9.17) is 4.74 Å². The van der Waals surface area contributed by atoms with E-state index < -0.39 is 0 Å². The minimum atomic E-state index is -0.0887. The van der Waals surface area contributed by atoms with E-state index in [0.717, 1.165) is 4.47 Å². The molecule has 17 heavy (non-hydrogen) atoms. The van der Waals surface area contributed by atoms with Crippen LogP contribution in [0.4, 0.5) is 0 Å². The Kier molecular flexibility index (Phi) is 5.21. The molecular formula is C12H12Br2O3. The summed E-state index contributed by atoms with van der Waals surface area (Å²) in [4.78, 5) is 10.9. The highest BCUT2D eigenvalue weighted by Gasteiger charge is 2.13. The maximum atomic E-state index is 10.9. The zero-order chi connectivity index (χ0) is 13.0. The van der Waals surface area contributed by atoms with E-state index in [9.17, 15) is 9.90 Å². The summed E-state index contributed by atoms with van der Waals surface area (Å²) < 4.78 is 6.73. The summed E-state index contributed by atoms with van der Waals surface area (Å²) in [6.07, 6.45) is 2.94. The molecule has 0 bridgehead atoms. The van der Waals surface area contributed by atoms with Gasteiger partial charge in [0.1, 0.15) is 0 Å². The summed E-state index contributed by atoms with van der Waals surface area (Å²) >= 11 is 6.69. The molecule has 0 aromatic heterocycles. The lowest BCUT2D eigenvalue weighted by Crippen LogP contribution is -1.94. The number of hydrogen-bond donors (Lipinski definition) is 1. The fraction of sp³-hybridized carbons (Fsp3) is 0.250. The van der Waals surface area contributed by atoms with Crippen molar-refractivity contribution in [3.05, 3.63) is 26.7 Å². The number of aromatic hydroxyl groups is 1. The lowest BCUT2D eigenvalue weighted by Gasteiger charge is -2.11. The number of benzene rings is 1. The van der Waals surface area contributed by atoms with Crippen molar-refractivity contribution in [3.63, 3.8) is 0 Å². The summed E-state index contributed by atoms with van der Waals surface area (Å²) in [6, 6.07) is 1.67. The van der Waals surface area contributed by atoms with Crippen molar-refractivity contribution in [2.45, 2.75) is 13.8 Å². The maximum absolute atomic E-state index is 10.9. The van der Waals surface area contributed by atoms with Crippen LogP contribution >= 0.6 is 31.9 Å². The molecule has 0 saturated carbocycles. The number of halogens is 2. The number of ketones is 1. The van der Waals surface area contributed by atoms with Gasteiger partial charge in [0.2, 0.25) is 0 Å². The first-order valence-electron chi connectivity index (χ1n) is 4.99. The number of hydrogen-bond acceptors (Lipinski definition) is 3. The molecule has 92 valence electrons. The molecule has 0 fully saturated rings. The first kappa shape index (κ1) is 14.3. The third kappa shape index (κ3) is 3.57. The van der Waals surface area contributed by atoms with E-state index in [2.05, 4.69) is 31.9 Å². The van der Waals surface area contributed by atoms with Crippen LogP contribution in [-0.4, -0.2) is 17.5 Å². The Morgan fingerprint density at radius 2 is 2.18 bits per heavy atom. The zero-order valence-corrected chi connectivity index (χ0v) is 12.6. The highest BCUT2D eigenvalue weighted by molar-refractivity contribution is 9.13. The zero-order valence-electron chi connectivity index (χ0n) is 9.46. The van der Waals surface area contributed by atoms with Crippen molar-refractivity contribution in [3.8, 4) is 11.5 Å². The van der Waals surface area contributed by atoms with E-state index in [1.54, 1.807) is 12.1 Å². The monoisotopic (exact) mass is 362 g/mol. The van der Waals surface area contributed by atoms with Gasteiger partial charge in [-0.2, -0.15) is 0 Å². The van der Waals surface area contributed by atoms with Crippen molar-refractivity contribution < 1.29 is 14.6 Å². The lowest BCUT2D eigenvalue weighted by atomic mass is 10.1. The van der Waals surface area contributed by atoms with Crippen LogP contribution in [0.2, 0.25) is 0 Å². The standard InChI is InChI=1S/C12H12Br2O3/c1-3-17-10-6-9(13)11(14)8(12(10)16)5-4-7(2)15/h4-6,16H,3H2,1-2H3/b5-4+. The van der Waals surface area contributed by atoms with E-state index in [0.29, 0.717) is 22.4 Å². The van der Waals surface area contributed by atoms with Gasteiger partial charge in [0.05, 0.1) is 6.61 Å². The van der Waals surface area contributed by atoms with Gasteiger partial charge in [-0.25, -0.2) is 0 Å². The maximum Gasteiger partial charge on any atom is 0.166 e. The van der Waals surface area contributed by atoms with Gasteiger partial charge < -0.3 is 9.84 Å². The molecule has 0 aliphatic carbocycles. The largest absolute Gasteiger partial charge is 0.504 e. The minimum absolute atomic E-state index is 0.0134. The van der Waals surface area contributed by atoms with E-state index >= 15 is 0 Å². The van der Waals surface area contributed by atoms with Crippen LogP contribution in [0.25, 0.3) is 6.08 Å². The predicted octanol–water partition coefficient (Wildman–Crippen LogP) is 3.92. The smallest absolute Gasteiger partial charge is 0.166 e. The average molecular weight is 364 g/mol. The number of carbonyl (C=O) groups excluding carboxylic acids is 1. The van der Waals surface area contributed by atoms with Crippen molar-refractivity contribution >= 4 is 43.7 Å². The van der Waals surface area contributed by atoms with Crippen molar-refractivity contribution in [1.29, 1.82) is 0 Å². The number of ether oxygens (including phenoxy) is 1. The highest BCUT2D eigenvalue weighted by Crippen LogP contribution is 2.41. The SMILES string of the molecule is CCOc1cc(Br)c(Br)c(/C=C/C(C)=O)c1O. The summed E-state index contributed by atoms with van der Waals surface area (Å²) in [7, 11) is 0. The first-order valence-corrected chi connectivity index (χ1v) is 6.58. The van der Waals surface area contributed by atoms with Crippen molar-refractivity contribution in [2.75, 3.05) is 6.61 Å². The Labute approximate surface area is 117 Å². The predicted molar refractivity (Wildman–Crippen MR) is 74.4 cm³/mol. The summed E-state index contributed by atoms with van der Waals surface area (Å²) in [5, 5.41) is 10.00. The molecule has 1 aromatic rings. The lowest BCUT2D eigenvalue weighted by molar-refractivity contribution is -0.112. The van der Waals surface area contributed by atoms with Crippen LogP contribution in [0.1, 0.15) is 19.4 Å². The van der Waals surface area contributed by atoms with Crippen molar-refractivity contribution in [2.24, 2.45) is 0 Å². The van der Waals surface area contributed by atoms with Gasteiger partial charge in [-0.1, -0.05) is 0 Å². The van der Waals surface area contributed by atoms with Gasteiger partial charge in [-0.3, -0.25) is 4.79 Å². The number of carbonyl (C=O) groups is 1. The molecule has 3 nitrogen and oxygen atoms in total. The van der Waals surface area contributed by atoms with Crippen LogP contribution in [0, 0.1) is 0 Å². The second-order valence-electron chi connectivity index (χ2n) is 3.31. The van der Waals surface area contributed by atoms with E-state index in [-0.39, 0.29) is 11.5 Å². The third-order valence-corrected chi connectivity index (χ3v) is 3.99. The van der Waals surface area contributed by atoms with Crippen LogP contribution in [0.5, 0.6) is 11.5 Å². The summed E-state index contributed by atoms with van der Waals surface area (Å²) in [5.41, 5.74) is 0.512. The molecule has 0 unspecified atom stereocenters. The minimum Gasteiger partial charge on any atom is -0.504 e. The molecule has 1 rings (SSSR count). The second-order valence-corrected chi connectivity index (χ2v) is 4.96. The number of phenolic OH excluding ortho intramolecular Hbond substituents is 1. The Hall–Kier alpha value is -0.810. The van der Waals surface area contributed by atoms with E-state index in [1.807, 2.05) is 6.92 Å². The molecule has 0 aliphatic rings. The van der Waals surface area contributed by atoms with Crippen molar-refractivity contribution in [1.82, 2.24) is 0 Å². The van der Waals surface area contributed by atoms with Crippen LogP contribution in [0.3, 0.4) is 0 Å². The summed E-state index contributed by atoms with van der Waals surface area (Å²) in [6.45, 7) is 3.74. The molecule has 0 radical (unpaired) electrons. The Balaban J connectivity index is 3.31. The Morgan fingerprint density at radius 3 is 2.71 bits per heavy atom. The molecule has 5 heteroatoms. The van der Waals surface area contributed by atoms with E-state index in [1.165, 1.54) is 13.0 Å². The van der Waals surface area contributed by atoms with Gasteiger partial charge >= 0.3 is 0 Å². The molecule has 0 aliphatic heterocycles. The van der Waals surface area contributed by atoms with Gasteiger partial charge in [0.25, 0.3) is 0 Å². The molecule has 1 N–H and O–H groups in total. The number of phenols is 1. The highest BCUT2D eigenvalue weighted by atomic mass is 79.9. The molecule has 0 spiro atoms. The number of rotatable bonds is 4. The molecule has 1 aromatic carbocycles. The van der Waals surface area contributed by atoms with Crippen LogP contribution in [-0.2, 0) is 4.79 Å². The summed E-state index contributed by atoms with van der Waals surface area (Å²) in [5.74, 6) is 0.305. The normalized spacial score (nSPS) is 10.8. The molecule has 0 amide bonds. The third-order valence-electron chi connectivity index (χ3n) is 1.98. The fourth-order valence-corrected chi connectivity index (χ4v) is 2.09. The fourth-order valence-electron chi connectivity index (χ4n) is 1.23. The Morgan fingerprint density at radius 1 is 1.53 bits per heavy atom. The second kappa shape index (κ2) is 6.21. The van der Waals surface area contributed by atoms with Gasteiger partial charge in [0, 0.05) is 14.5 Å². The quantitative estimate of drug-likeness (QED) is 0.824. The van der Waals surface area contributed by atoms with Gasteiger partial charge in [-0.15, -0.1) is 0 Å². The molecule has 0 atom stereocenters. The van der Waals surface area contributed by atoms with Gasteiger partial charge in [-0.05, 0) is 63.9 Å². The average Bonchev–Trinajstić information content (AvgIpc) is 2.26. The molecular weight excluding hydrogens is 352 g/mol. The first-order chi connectivity index (χ1) is 7.97. The van der Waals surface area contributed by atoms with Crippen LogP contribution < -0.4 is 4.74 Å². The number of allylic oxidation sites excluding steroid dienone is 1. The van der Waals surface area contributed by atoms with Gasteiger partial charge in [0.15, 0.2) is 17.3 Å². The molecule has 0 heterocycles. The van der Waals surface area contributed by atoms with Crippen LogP contribution in [0.15, 0.2) is 21.1 Å². The Bertz CT molecular complexity index is 467. The molecule has 0 saturated heterocycles. The topological polar surface area (TPSA) is 46.5 Å².